The van der Waals surface area contributed by atoms with Crippen LogP contribution in [0.5, 0.6) is 0 Å². The van der Waals surface area contributed by atoms with Gasteiger partial charge in [-0.3, -0.25) is 0 Å². The number of benzene rings is 8. The van der Waals surface area contributed by atoms with Crippen LogP contribution in [0.4, 0.5) is 0 Å². The molecule has 0 unspecified atom stereocenters. The van der Waals surface area contributed by atoms with Gasteiger partial charge in [0.05, 0.1) is 22.1 Å². The predicted octanol–water partition coefficient (Wildman–Crippen LogP) is 13.4. The number of para-hydroxylation sites is 2. The molecule has 8 aromatic carbocycles. The lowest BCUT2D eigenvalue weighted by molar-refractivity contribution is 0.666. The van der Waals surface area contributed by atoms with Crippen molar-refractivity contribution in [3.05, 3.63) is 182 Å². The number of nitrogens with zero attached hydrogens (tertiary/aromatic N) is 4. The molecule has 0 N–H and O–H groups in total. The Morgan fingerprint density at radius 1 is 0.333 bits per heavy atom. The minimum atomic E-state index is 0.576. The van der Waals surface area contributed by atoms with Crippen molar-refractivity contribution < 1.29 is 8.83 Å². The van der Waals surface area contributed by atoms with Gasteiger partial charge in [-0.1, -0.05) is 133 Å². The van der Waals surface area contributed by atoms with Gasteiger partial charge in [-0.2, -0.15) is 0 Å². The minimum absolute atomic E-state index is 0.576. The Bertz CT molecular complexity index is 3450. The summed E-state index contributed by atoms with van der Waals surface area (Å²) in [5, 5.41) is 6.44. The summed E-state index contributed by atoms with van der Waals surface area (Å²) < 4.78 is 16.0. The molecular weight excluding hydrogens is 701 g/mol. The second-order valence-electron chi connectivity index (χ2n) is 14.4. The Hall–Kier alpha value is -7.83. The van der Waals surface area contributed by atoms with Crippen LogP contribution in [-0.2, 0) is 0 Å². The second-order valence-corrected chi connectivity index (χ2v) is 14.4. The molecule has 0 fully saturated rings. The van der Waals surface area contributed by atoms with E-state index < -0.39 is 0 Å². The summed E-state index contributed by atoms with van der Waals surface area (Å²) in [6.45, 7) is 0. The first-order valence-corrected chi connectivity index (χ1v) is 19.0. The highest BCUT2D eigenvalue weighted by atomic mass is 16.3. The zero-order valence-electron chi connectivity index (χ0n) is 30.4. The van der Waals surface area contributed by atoms with Crippen LogP contribution < -0.4 is 0 Å². The maximum absolute atomic E-state index is 7.01. The highest BCUT2D eigenvalue weighted by Gasteiger charge is 2.23. The van der Waals surface area contributed by atoms with E-state index in [9.17, 15) is 0 Å². The van der Waals surface area contributed by atoms with Gasteiger partial charge < -0.3 is 13.4 Å². The molecule has 0 amide bonds. The smallest absolute Gasteiger partial charge is 0.164 e. The SMILES string of the molecule is c1ccc(-c2cc(-n3c4ccccc4c4c5oc6ccccc6c5ccc43)c3oc4cc(-c5nc(-c6ccccc6)nc(-c6ccccc6)n5)ccc4c3c2)cc1. The molecule has 266 valence electrons. The van der Waals surface area contributed by atoms with E-state index in [1.54, 1.807) is 0 Å². The molecule has 0 saturated heterocycles. The normalized spacial score (nSPS) is 11.9. The van der Waals surface area contributed by atoms with Crippen molar-refractivity contribution in [1.82, 2.24) is 19.5 Å². The molecule has 12 aromatic rings. The zero-order chi connectivity index (χ0) is 37.5. The largest absolute Gasteiger partial charge is 0.455 e. The van der Waals surface area contributed by atoms with Gasteiger partial charge in [0.25, 0.3) is 0 Å². The molecular formula is C51H30N4O2. The van der Waals surface area contributed by atoms with E-state index in [-0.39, 0.29) is 0 Å². The maximum atomic E-state index is 7.01. The van der Waals surface area contributed by atoms with Crippen molar-refractivity contribution in [2.45, 2.75) is 0 Å². The lowest BCUT2D eigenvalue weighted by Crippen LogP contribution is -2.00. The summed E-state index contributed by atoms with van der Waals surface area (Å²) >= 11 is 0. The minimum Gasteiger partial charge on any atom is -0.455 e. The van der Waals surface area contributed by atoms with Gasteiger partial charge in [0.2, 0.25) is 0 Å². The van der Waals surface area contributed by atoms with Crippen LogP contribution in [0.15, 0.2) is 191 Å². The zero-order valence-corrected chi connectivity index (χ0v) is 30.4. The molecule has 4 aromatic heterocycles. The Balaban J connectivity index is 1.12. The number of rotatable bonds is 5. The monoisotopic (exact) mass is 730 g/mol. The lowest BCUT2D eigenvalue weighted by atomic mass is 10.0. The van der Waals surface area contributed by atoms with Crippen LogP contribution in [0.1, 0.15) is 0 Å². The van der Waals surface area contributed by atoms with E-state index in [1.165, 1.54) is 0 Å². The summed E-state index contributed by atoms with van der Waals surface area (Å²) in [6.07, 6.45) is 0. The Labute approximate surface area is 325 Å². The molecule has 0 radical (unpaired) electrons. The number of furan rings is 2. The molecule has 0 aliphatic heterocycles. The number of hydrogen-bond donors (Lipinski definition) is 0. The van der Waals surface area contributed by atoms with Gasteiger partial charge in [0, 0.05) is 43.6 Å². The quantitative estimate of drug-likeness (QED) is 0.176. The number of aromatic nitrogens is 4. The van der Waals surface area contributed by atoms with E-state index in [0.29, 0.717) is 17.5 Å². The molecule has 6 nitrogen and oxygen atoms in total. The van der Waals surface area contributed by atoms with Gasteiger partial charge >= 0.3 is 0 Å². The molecule has 0 atom stereocenters. The van der Waals surface area contributed by atoms with Crippen molar-refractivity contribution in [3.8, 4) is 51.0 Å². The van der Waals surface area contributed by atoms with Crippen LogP contribution in [0.3, 0.4) is 0 Å². The molecule has 12 rings (SSSR count). The van der Waals surface area contributed by atoms with Gasteiger partial charge in [0.1, 0.15) is 16.7 Å². The third-order valence-electron chi connectivity index (χ3n) is 11.0. The second kappa shape index (κ2) is 12.3. The molecule has 0 spiro atoms. The molecule has 6 heteroatoms. The first kappa shape index (κ1) is 31.5. The Morgan fingerprint density at radius 3 is 1.61 bits per heavy atom. The fourth-order valence-corrected chi connectivity index (χ4v) is 8.39. The van der Waals surface area contributed by atoms with Gasteiger partial charge in [-0.15, -0.1) is 0 Å². The molecule has 4 heterocycles. The summed E-state index contributed by atoms with van der Waals surface area (Å²) in [6, 6.07) is 62.6. The Kier molecular flexibility index (Phi) is 6.83. The molecule has 0 aliphatic rings. The molecule has 0 bridgehead atoms. The molecule has 0 saturated carbocycles. The third-order valence-corrected chi connectivity index (χ3v) is 11.0. The average Bonchev–Trinajstić information content (AvgIpc) is 3.96. The van der Waals surface area contributed by atoms with Crippen molar-refractivity contribution in [3.63, 3.8) is 0 Å². The van der Waals surface area contributed by atoms with Gasteiger partial charge in [0.15, 0.2) is 23.1 Å². The van der Waals surface area contributed by atoms with Crippen LogP contribution >= 0.6 is 0 Å². The first-order chi connectivity index (χ1) is 28.2. The fraction of sp³-hybridized carbons (Fsp3) is 0. The van der Waals surface area contributed by atoms with Gasteiger partial charge in [-0.25, -0.2) is 15.0 Å². The van der Waals surface area contributed by atoms with Crippen molar-refractivity contribution in [2.24, 2.45) is 0 Å². The predicted molar refractivity (Wildman–Crippen MR) is 230 cm³/mol. The number of hydrogen-bond acceptors (Lipinski definition) is 5. The summed E-state index contributed by atoms with van der Waals surface area (Å²) in [5.41, 5.74) is 11.3. The van der Waals surface area contributed by atoms with E-state index >= 15 is 0 Å². The third kappa shape index (κ3) is 4.94. The van der Waals surface area contributed by atoms with E-state index in [0.717, 1.165) is 99.2 Å². The van der Waals surface area contributed by atoms with Crippen LogP contribution in [0.2, 0.25) is 0 Å². The summed E-state index contributed by atoms with van der Waals surface area (Å²) in [4.78, 5) is 14.9. The topological polar surface area (TPSA) is 69.9 Å². The fourth-order valence-electron chi connectivity index (χ4n) is 8.39. The van der Waals surface area contributed by atoms with E-state index in [2.05, 4.69) is 114 Å². The van der Waals surface area contributed by atoms with Gasteiger partial charge in [-0.05, 0) is 59.7 Å². The summed E-state index contributed by atoms with van der Waals surface area (Å²) in [7, 11) is 0. The van der Waals surface area contributed by atoms with Crippen LogP contribution in [0, 0.1) is 0 Å². The first-order valence-electron chi connectivity index (χ1n) is 19.0. The highest BCUT2D eigenvalue weighted by Crippen LogP contribution is 2.44. The van der Waals surface area contributed by atoms with Crippen molar-refractivity contribution >= 4 is 65.7 Å². The van der Waals surface area contributed by atoms with Crippen molar-refractivity contribution in [2.75, 3.05) is 0 Å². The average molecular weight is 731 g/mol. The lowest BCUT2D eigenvalue weighted by Gasteiger charge is -2.12. The number of fused-ring (bicyclic) bond motifs is 10. The Morgan fingerprint density at radius 2 is 0.895 bits per heavy atom. The van der Waals surface area contributed by atoms with E-state index in [1.807, 2.05) is 72.8 Å². The summed E-state index contributed by atoms with van der Waals surface area (Å²) in [5.74, 6) is 1.81. The van der Waals surface area contributed by atoms with Crippen LogP contribution in [0.25, 0.3) is 117 Å². The highest BCUT2D eigenvalue weighted by molar-refractivity contribution is 6.24. The van der Waals surface area contributed by atoms with Crippen LogP contribution in [-0.4, -0.2) is 19.5 Å². The molecule has 0 aliphatic carbocycles. The van der Waals surface area contributed by atoms with Crippen molar-refractivity contribution in [1.29, 1.82) is 0 Å². The molecule has 57 heavy (non-hydrogen) atoms. The van der Waals surface area contributed by atoms with E-state index in [4.69, 9.17) is 23.8 Å². The maximum Gasteiger partial charge on any atom is 0.164 e. The standard InChI is InChI=1S/C51H30N4O2/c1-4-14-31(15-5-1)35-28-40-37-25-24-34(51-53-49(32-16-6-2-7-17-32)52-50(54-51)33-18-8-3-9-19-33)30-45(37)57-47(40)43(29-35)55-41-22-12-10-21-39(41)46-42(55)27-26-38-36-20-11-13-23-44(36)56-48(38)46/h1-30H.